The quantitative estimate of drug-likeness (QED) is 0.280. The number of methoxy groups -OCH3 is 1. The van der Waals surface area contributed by atoms with Crippen LogP contribution >= 0.6 is 27.5 Å². The summed E-state index contributed by atoms with van der Waals surface area (Å²) in [6.45, 7) is 1.60. The fraction of sp³-hybridized carbons (Fsp3) is 0.120. The maximum atomic E-state index is 13.3. The number of hydrogen-bond acceptors (Lipinski definition) is 5. The van der Waals surface area contributed by atoms with E-state index in [1.807, 2.05) is 6.92 Å². The van der Waals surface area contributed by atoms with Crippen LogP contribution in [0.4, 0.5) is 5.69 Å². The van der Waals surface area contributed by atoms with Gasteiger partial charge < -0.3 is 19.2 Å². The lowest BCUT2D eigenvalue weighted by Crippen LogP contribution is -2.21. The van der Waals surface area contributed by atoms with Gasteiger partial charge in [0.05, 0.1) is 17.3 Å². The lowest BCUT2D eigenvalue weighted by atomic mass is 10.1. The highest BCUT2D eigenvalue weighted by atomic mass is 79.9. The highest BCUT2D eigenvalue weighted by molar-refractivity contribution is 9.10. The summed E-state index contributed by atoms with van der Waals surface area (Å²) in [7, 11) is 1.54. The van der Waals surface area contributed by atoms with Gasteiger partial charge in [-0.05, 0) is 76.9 Å². The van der Waals surface area contributed by atoms with Gasteiger partial charge in [0.25, 0.3) is 5.91 Å². The summed E-state index contributed by atoms with van der Waals surface area (Å²) in [5.41, 5.74) is 2.00. The highest BCUT2D eigenvalue weighted by Crippen LogP contribution is 2.34. The molecule has 1 aromatic heterocycles. The van der Waals surface area contributed by atoms with Crippen LogP contribution in [0.3, 0.4) is 0 Å². The minimum atomic E-state index is -0.431. The van der Waals surface area contributed by atoms with Gasteiger partial charge in [-0.2, -0.15) is 0 Å². The van der Waals surface area contributed by atoms with E-state index in [-0.39, 0.29) is 18.2 Å². The van der Waals surface area contributed by atoms with Crippen molar-refractivity contribution in [3.05, 3.63) is 87.0 Å². The molecule has 0 aliphatic rings. The zero-order valence-electron chi connectivity index (χ0n) is 17.8. The SMILES string of the molecule is COc1ccc(C(=O)c2oc3ccccc3c2NC(=O)COc2ccc(Cl)c(C)c2)cc1Br. The molecule has 0 aliphatic carbocycles. The Morgan fingerprint density at radius 3 is 2.61 bits per heavy atom. The van der Waals surface area contributed by atoms with Crippen molar-refractivity contribution in [1.29, 1.82) is 0 Å². The van der Waals surface area contributed by atoms with Crippen molar-refractivity contribution in [3.8, 4) is 11.5 Å². The largest absolute Gasteiger partial charge is 0.496 e. The molecule has 3 aromatic carbocycles. The number of halogens is 2. The average Bonchev–Trinajstić information content (AvgIpc) is 3.17. The molecule has 8 heteroatoms. The van der Waals surface area contributed by atoms with E-state index >= 15 is 0 Å². The second-order valence-corrected chi connectivity index (χ2v) is 8.49. The van der Waals surface area contributed by atoms with E-state index in [9.17, 15) is 9.59 Å². The van der Waals surface area contributed by atoms with Gasteiger partial charge in [0, 0.05) is 16.0 Å². The highest BCUT2D eigenvalue weighted by Gasteiger charge is 2.24. The normalized spacial score (nSPS) is 10.8. The Hall–Kier alpha value is -3.29. The number of fused-ring (bicyclic) bond motifs is 1. The fourth-order valence-corrected chi connectivity index (χ4v) is 3.96. The second-order valence-electron chi connectivity index (χ2n) is 7.23. The van der Waals surface area contributed by atoms with Crippen molar-refractivity contribution in [1.82, 2.24) is 0 Å². The van der Waals surface area contributed by atoms with Crippen molar-refractivity contribution in [2.24, 2.45) is 0 Å². The summed E-state index contributed by atoms with van der Waals surface area (Å²) in [6, 6.07) is 17.2. The number of carbonyl (C=O) groups is 2. The summed E-state index contributed by atoms with van der Waals surface area (Å²) in [4.78, 5) is 26.0. The van der Waals surface area contributed by atoms with E-state index in [0.717, 1.165) is 5.56 Å². The van der Waals surface area contributed by atoms with Crippen LogP contribution in [0.5, 0.6) is 11.5 Å². The number of hydrogen-bond donors (Lipinski definition) is 1. The first-order valence-electron chi connectivity index (χ1n) is 9.96. The molecule has 6 nitrogen and oxygen atoms in total. The topological polar surface area (TPSA) is 77.8 Å². The van der Waals surface area contributed by atoms with Gasteiger partial charge in [-0.15, -0.1) is 0 Å². The Morgan fingerprint density at radius 1 is 1.09 bits per heavy atom. The Kier molecular flexibility index (Phi) is 6.72. The maximum Gasteiger partial charge on any atom is 0.262 e. The Bertz CT molecular complexity index is 1360. The molecule has 1 heterocycles. The van der Waals surface area contributed by atoms with Crippen LogP contribution in [-0.4, -0.2) is 25.4 Å². The smallest absolute Gasteiger partial charge is 0.262 e. The van der Waals surface area contributed by atoms with E-state index in [1.165, 1.54) is 0 Å². The molecule has 0 fully saturated rings. The first-order valence-corrected chi connectivity index (χ1v) is 11.1. The molecule has 0 atom stereocenters. The van der Waals surface area contributed by atoms with Gasteiger partial charge in [-0.3, -0.25) is 9.59 Å². The van der Waals surface area contributed by atoms with Gasteiger partial charge >= 0.3 is 0 Å². The van der Waals surface area contributed by atoms with E-state index in [2.05, 4.69) is 21.2 Å². The molecule has 4 rings (SSSR count). The van der Waals surface area contributed by atoms with Crippen molar-refractivity contribution in [2.75, 3.05) is 19.0 Å². The molecule has 0 saturated heterocycles. The molecule has 4 aromatic rings. The molecule has 168 valence electrons. The molecule has 1 N–H and O–H groups in total. The van der Waals surface area contributed by atoms with Gasteiger partial charge in [0.2, 0.25) is 5.78 Å². The molecule has 1 amide bonds. The third-order valence-corrected chi connectivity index (χ3v) is 6.02. The van der Waals surface area contributed by atoms with Crippen LogP contribution in [0.2, 0.25) is 5.02 Å². The number of rotatable bonds is 7. The number of furan rings is 1. The number of ketones is 1. The number of amides is 1. The number of aryl methyl sites for hydroxylation is 1. The van der Waals surface area contributed by atoms with E-state index in [4.69, 9.17) is 25.5 Å². The molecule has 0 aliphatic heterocycles. The van der Waals surface area contributed by atoms with Crippen LogP contribution < -0.4 is 14.8 Å². The monoisotopic (exact) mass is 527 g/mol. The molecule has 0 spiro atoms. The number of anilines is 1. The summed E-state index contributed by atoms with van der Waals surface area (Å²) in [5, 5.41) is 4.01. The van der Waals surface area contributed by atoms with Crippen molar-refractivity contribution < 1.29 is 23.5 Å². The van der Waals surface area contributed by atoms with Crippen LogP contribution in [0, 0.1) is 6.92 Å². The average molecular weight is 529 g/mol. The van der Waals surface area contributed by atoms with Crippen molar-refractivity contribution in [3.63, 3.8) is 0 Å². The lowest BCUT2D eigenvalue weighted by molar-refractivity contribution is -0.118. The summed E-state index contributed by atoms with van der Waals surface area (Å²) < 4.78 is 17.3. The number of para-hydroxylation sites is 1. The number of nitrogens with one attached hydrogen (secondary N) is 1. The molecule has 0 unspecified atom stereocenters. The molecular weight excluding hydrogens is 510 g/mol. The predicted octanol–water partition coefficient (Wildman–Crippen LogP) is 6.41. The molecule has 0 radical (unpaired) electrons. The first-order chi connectivity index (χ1) is 15.9. The standard InChI is InChI=1S/C25H19BrClNO5/c1-14-11-16(8-9-19(14)27)32-13-22(29)28-23-17-5-3-4-6-20(17)33-25(23)24(30)15-7-10-21(31-2)18(26)12-15/h3-12H,13H2,1-2H3,(H,28,29). The van der Waals surface area contributed by atoms with Crippen LogP contribution in [0.25, 0.3) is 11.0 Å². The van der Waals surface area contributed by atoms with Crippen LogP contribution in [0.1, 0.15) is 21.7 Å². The maximum absolute atomic E-state index is 13.3. The van der Waals surface area contributed by atoms with Crippen molar-refractivity contribution >= 4 is 55.9 Å². The third-order valence-electron chi connectivity index (χ3n) is 4.98. The number of carbonyl (C=O) groups excluding carboxylic acids is 2. The zero-order chi connectivity index (χ0) is 23.5. The van der Waals surface area contributed by atoms with E-state index < -0.39 is 5.91 Å². The van der Waals surface area contributed by atoms with Gasteiger partial charge in [-0.1, -0.05) is 23.7 Å². The minimum absolute atomic E-state index is 0.0314. The van der Waals surface area contributed by atoms with Crippen LogP contribution in [-0.2, 0) is 4.79 Å². The zero-order valence-corrected chi connectivity index (χ0v) is 20.1. The third kappa shape index (κ3) is 4.89. The number of benzene rings is 3. The summed E-state index contributed by atoms with van der Waals surface area (Å²) in [5.74, 6) is 0.338. The first kappa shape index (κ1) is 22.9. The molecular formula is C25H19BrClNO5. The van der Waals surface area contributed by atoms with Gasteiger partial charge in [-0.25, -0.2) is 0 Å². The molecule has 33 heavy (non-hydrogen) atoms. The van der Waals surface area contributed by atoms with Crippen molar-refractivity contribution in [2.45, 2.75) is 6.92 Å². The minimum Gasteiger partial charge on any atom is -0.496 e. The van der Waals surface area contributed by atoms with Gasteiger partial charge in [0.1, 0.15) is 17.1 Å². The summed E-state index contributed by atoms with van der Waals surface area (Å²) in [6.07, 6.45) is 0. The van der Waals surface area contributed by atoms with E-state index in [0.29, 0.717) is 43.2 Å². The van der Waals surface area contributed by atoms with Gasteiger partial charge in [0.15, 0.2) is 12.4 Å². The van der Waals surface area contributed by atoms with E-state index in [1.54, 1.807) is 67.8 Å². The fourth-order valence-electron chi connectivity index (χ4n) is 3.30. The molecule has 0 saturated carbocycles. The predicted molar refractivity (Wildman–Crippen MR) is 131 cm³/mol. The Labute approximate surface area is 203 Å². The Morgan fingerprint density at radius 2 is 1.88 bits per heavy atom. The summed E-state index contributed by atoms with van der Waals surface area (Å²) >= 11 is 9.42. The lowest BCUT2D eigenvalue weighted by Gasteiger charge is -2.09. The number of ether oxygens (including phenoxy) is 2. The second kappa shape index (κ2) is 9.68. The van der Waals surface area contributed by atoms with Crippen LogP contribution in [0.15, 0.2) is 69.6 Å². The molecule has 0 bridgehead atoms. The Balaban J connectivity index is 1.60.